The zero-order valence-corrected chi connectivity index (χ0v) is 11.8. The van der Waals surface area contributed by atoms with Gasteiger partial charge in [0.05, 0.1) is 12.7 Å². The van der Waals surface area contributed by atoms with Crippen LogP contribution in [0.25, 0.3) is 0 Å². The van der Waals surface area contributed by atoms with E-state index in [0.717, 1.165) is 25.0 Å². The van der Waals surface area contributed by atoms with Gasteiger partial charge in [-0.25, -0.2) is 9.78 Å². The maximum absolute atomic E-state index is 11.5. The Morgan fingerprint density at radius 3 is 2.95 bits per heavy atom. The summed E-state index contributed by atoms with van der Waals surface area (Å²) in [5.74, 6) is 0.210. The molecule has 0 bridgehead atoms. The Morgan fingerprint density at radius 1 is 1.58 bits per heavy atom. The van der Waals surface area contributed by atoms with Crippen LogP contribution in [-0.2, 0) is 22.4 Å². The first-order valence-electron chi connectivity index (χ1n) is 6.20. The van der Waals surface area contributed by atoms with Crippen molar-refractivity contribution in [3.63, 3.8) is 0 Å². The molecule has 2 rings (SSSR count). The molecule has 6 heteroatoms. The SMILES string of the molecule is COC(=O)C(C)Nc1nc2c(cc1C(N)=S)CCC2. The van der Waals surface area contributed by atoms with Crippen molar-refractivity contribution in [2.24, 2.45) is 5.73 Å². The second-order valence-electron chi connectivity index (χ2n) is 4.60. The molecule has 0 fully saturated rings. The molecule has 1 aromatic rings. The molecule has 1 aromatic heterocycles. The summed E-state index contributed by atoms with van der Waals surface area (Å²) >= 11 is 5.05. The maximum Gasteiger partial charge on any atom is 0.328 e. The normalized spacial score (nSPS) is 14.6. The number of methoxy groups -OCH3 is 1. The maximum atomic E-state index is 11.5. The Kier molecular flexibility index (Phi) is 3.99. The minimum absolute atomic E-state index is 0.279. The highest BCUT2D eigenvalue weighted by atomic mass is 32.1. The third-order valence-electron chi connectivity index (χ3n) is 3.22. The number of aromatic nitrogens is 1. The van der Waals surface area contributed by atoms with Gasteiger partial charge >= 0.3 is 5.97 Å². The van der Waals surface area contributed by atoms with Crippen molar-refractivity contribution >= 4 is 29.0 Å². The van der Waals surface area contributed by atoms with Crippen molar-refractivity contribution in [2.45, 2.75) is 32.2 Å². The van der Waals surface area contributed by atoms with Crippen molar-refractivity contribution in [1.82, 2.24) is 4.98 Å². The number of carbonyl (C=O) groups is 1. The van der Waals surface area contributed by atoms with E-state index in [1.54, 1.807) is 6.92 Å². The van der Waals surface area contributed by atoms with E-state index in [9.17, 15) is 4.79 Å². The molecule has 102 valence electrons. The highest BCUT2D eigenvalue weighted by Gasteiger charge is 2.20. The molecule has 0 aromatic carbocycles. The van der Waals surface area contributed by atoms with Crippen molar-refractivity contribution in [2.75, 3.05) is 12.4 Å². The second kappa shape index (κ2) is 5.52. The number of hydrogen-bond acceptors (Lipinski definition) is 5. The molecule has 3 N–H and O–H groups in total. The lowest BCUT2D eigenvalue weighted by Crippen LogP contribution is -2.29. The minimum Gasteiger partial charge on any atom is -0.467 e. The standard InChI is InChI=1S/C13H17N3O2S/c1-7(13(17)18-2)15-12-9(11(14)19)6-8-4-3-5-10(8)16-12/h6-7H,3-5H2,1-2H3,(H2,14,19)(H,15,16). The van der Waals surface area contributed by atoms with E-state index < -0.39 is 6.04 Å². The number of anilines is 1. The van der Waals surface area contributed by atoms with E-state index in [2.05, 4.69) is 15.0 Å². The summed E-state index contributed by atoms with van der Waals surface area (Å²) in [5, 5.41) is 3.02. The van der Waals surface area contributed by atoms with Crippen LogP contribution >= 0.6 is 12.2 Å². The molecule has 0 amide bonds. The topological polar surface area (TPSA) is 77.2 Å². The van der Waals surface area contributed by atoms with Crippen LogP contribution in [0.1, 0.15) is 30.2 Å². The summed E-state index contributed by atoms with van der Waals surface area (Å²) in [4.78, 5) is 16.3. The molecule has 0 saturated heterocycles. The molecule has 1 unspecified atom stereocenters. The van der Waals surface area contributed by atoms with Crippen molar-refractivity contribution in [1.29, 1.82) is 0 Å². The monoisotopic (exact) mass is 279 g/mol. The van der Waals surface area contributed by atoms with E-state index in [-0.39, 0.29) is 11.0 Å². The van der Waals surface area contributed by atoms with E-state index in [0.29, 0.717) is 11.4 Å². The quantitative estimate of drug-likeness (QED) is 0.636. The summed E-state index contributed by atoms with van der Waals surface area (Å²) < 4.78 is 4.68. The number of thiocarbonyl (C=S) groups is 1. The number of ether oxygens (including phenoxy) is 1. The molecule has 0 aliphatic heterocycles. The first-order valence-corrected chi connectivity index (χ1v) is 6.60. The molecule has 1 heterocycles. The van der Waals surface area contributed by atoms with Gasteiger partial charge in [0.2, 0.25) is 0 Å². The van der Waals surface area contributed by atoms with Gasteiger partial charge in [0.15, 0.2) is 0 Å². The van der Waals surface area contributed by atoms with Gasteiger partial charge in [0.25, 0.3) is 0 Å². The van der Waals surface area contributed by atoms with Crippen LogP contribution in [0.5, 0.6) is 0 Å². The number of nitrogens with two attached hydrogens (primary N) is 1. The van der Waals surface area contributed by atoms with E-state index >= 15 is 0 Å². The predicted molar refractivity (Wildman–Crippen MR) is 77.3 cm³/mol. The fraction of sp³-hybridized carbons (Fsp3) is 0.462. The largest absolute Gasteiger partial charge is 0.467 e. The fourth-order valence-electron chi connectivity index (χ4n) is 2.21. The summed E-state index contributed by atoms with van der Waals surface area (Å²) in [6.45, 7) is 1.71. The van der Waals surface area contributed by atoms with Gasteiger partial charge in [-0.15, -0.1) is 0 Å². The Bertz CT molecular complexity index is 531. The third kappa shape index (κ3) is 2.84. The lowest BCUT2D eigenvalue weighted by atomic mass is 10.1. The number of esters is 1. The number of aryl methyl sites for hydroxylation is 2. The Balaban J connectivity index is 2.33. The number of nitrogens with zero attached hydrogens (tertiary/aromatic N) is 1. The number of carbonyl (C=O) groups excluding carboxylic acids is 1. The highest BCUT2D eigenvalue weighted by molar-refractivity contribution is 7.80. The summed E-state index contributed by atoms with van der Waals surface area (Å²) in [6, 6.07) is 1.48. The molecule has 0 saturated carbocycles. The van der Waals surface area contributed by atoms with Crippen molar-refractivity contribution < 1.29 is 9.53 Å². The molecule has 5 nitrogen and oxygen atoms in total. The van der Waals surface area contributed by atoms with Gasteiger partial charge in [0, 0.05) is 5.69 Å². The molecular weight excluding hydrogens is 262 g/mol. The molecule has 1 atom stereocenters. The van der Waals surface area contributed by atoms with Crippen LogP contribution in [0.4, 0.5) is 5.82 Å². The lowest BCUT2D eigenvalue weighted by Gasteiger charge is -2.16. The van der Waals surface area contributed by atoms with Crippen LogP contribution in [-0.4, -0.2) is 29.1 Å². The van der Waals surface area contributed by atoms with Crippen LogP contribution in [0.3, 0.4) is 0 Å². The van der Waals surface area contributed by atoms with Gasteiger partial charge < -0.3 is 15.8 Å². The first kappa shape index (κ1) is 13.7. The fourth-order valence-corrected chi connectivity index (χ4v) is 2.37. The number of rotatable bonds is 4. The zero-order valence-electron chi connectivity index (χ0n) is 11.0. The Morgan fingerprint density at radius 2 is 2.32 bits per heavy atom. The molecule has 1 aliphatic rings. The molecular formula is C13H17N3O2S. The van der Waals surface area contributed by atoms with Crippen LogP contribution in [0.15, 0.2) is 6.07 Å². The zero-order chi connectivity index (χ0) is 14.0. The number of fused-ring (bicyclic) bond motifs is 1. The van der Waals surface area contributed by atoms with Crippen molar-refractivity contribution in [3.8, 4) is 0 Å². The van der Waals surface area contributed by atoms with Crippen LogP contribution < -0.4 is 11.1 Å². The first-order chi connectivity index (χ1) is 9.02. The Hall–Kier alpha value is -1.69. The highest BCUT2D eigenvalue weighted by Crippen LogP contribution is 2.25. The van der Waals surface area contributed by atoms with E-state index in [1.807, 2.05) is 6.07 Å². The van der Waals surface area contributed by atoms with Gasteiger partial charge in [-0.1, -0.05) is 12.2 Å². The third-order valence-corrected chi connectivity index (χ3v) is 3.44. The van der Waals surface area contributed by atoms with Gasteiger partial charge in [-0.2, -0.15) is 0 Å². The van der Waals surface area contributed by atoms with Crippen LogP contribution in [0.2, 0.25) is 0 Å². The number of pyridine rings is 1. The number of nitrogens with one attached hydrogen (secondary N) is 1. The van der Waals surface area contributed by atoms with Crippen molar-refractivity contribution in [3.05, 3.63) is 22.9 Å². The molecule has 0 radical (unpaired) electrons. The summed E-state index contributed by atoms with van der Waals surface area (Å²) in [7, 11) is 1.35. The number of hydrogen-bond donors (Lipinski definition) is 2. The average Bonchev–Trinajstić information content (AvgIpc) is 2.83. The predicted octanol–water partition coefficient (Wildman–Crippen LogP) is 1.18. The van der Waals surface area contributed by atoms with E-state index in [4.69, 9.17) is 18.0 Å². The van der Waals surface area contributed by atoms with Gasteiger partial charge in [-0.3, -0.25) is 0 Å². The molecule has 19 heavy (non-hydrogen) atoms. The Labute approximate surface area is 117 Å². The second-order valence-corrected chi connectivity index (χ2v) is 5.04. The smallest absolute Gasteiger partial charge is 0.328 e. The molecule has 1 aliphatic carbocycles. The molecule has 0 spiro atoms. The average molecular weight is 279 g/mol. The lowest BCUT2D eigenvalue weighted by molar-refractivity contribution is -0.141. The van der Waals surface area contributed by atoms with E-state index in [1.165, 1.54) is 12.7 Å². The minimum atomic E-state index is -0.495. The summed E-state index contributed by atoms with van der Waals surface area (Å²) in [6.07, 6.45) is 3.05. The van der Waals surface area contributed by atoms with Gasteiger partial charge in [0.1, 0.15) is 16.8 Å². The summed E-state index contributed by atoms with van der Waals surface area (Å²) in [5.41, 5.74) is 8.66. The van der Waals surface area contributed by atoms with Crippen LogP contribution in [0, 0.1) is 0 Å². The van der Waals surface area contributed by atoms with Gasteiger partial charge in [-0.05, 0) is 37.8 Å².